The minimum absolute atomic E-state index is 0.221. The fourth-order valence-electron chi connectivity index (χ4n) is 0.793. The molecule has 0 aliphatic carbocycles. The van der Waals surface area contributed by atoms with E-state index in [1.807, 2.05) is 0 Å². The van der Waals surface area contributed by atoms with Crippen molar-refractivity contribution in [1.29, 1.82) is 0 Å². The molecule has 0 aliphatic rings. The van der Waals surface area contributed by atoms with E-state index in [0.717, 1.165) is 6.08 Å². The first-order chi connectivity index (χ1) is 6.20. The molecule has 1 N–H and O–H groups in total. The third kappa shape index (κ3) is 2.90. The fraction of sp³-hybridized carbons (Fsp3) is 0.125. The second-order valence-corrected chi connectivity index (χ2v) is 2.30. The van der Waals surface area contributed by atoms with Crippen LogP contribution in [0.1, 0.15) is 0 Å². The van der Waals surface area contributed by atoms with E-state index in [2.05, 4.69) is 4.98 Å². The van der Waals surface area contributed by atoms with E-state index in [1.54, 1.807) is 12.3 Å². The monoisotopic (exact) mass is 180 g/mol. The highest BCUT2D eigenvalue weighted by atomic mass is 16.4. The van der Waals surface area contributed by atoms with Crippen molar-refractivity contribution in [1.82, 2.24) is 9.55 Å². The summed E-state index contributed by atoms with van der Waals surface area (Å²) in [6.45, 7) is 0.221. The smallest absolute Gasteiger partial charge is 0.347 e. The van der Waals surface area contributed by atoms with Crippen LogP contribution in [0.2, 0.25) is 0 Å². The molecule has 0 atom stereocenters. The van der Waals surface area contributed by atoms with Crippen LogP contribution in [-0.2, 0) is 11.3 Å². The van der Waals surface area contributed by atoms with E-state index in [4.69, 9.17) is 5.11 Å². The van der Waals surface area contributed by atoms with Gasteiger partial charge in [0.1, 0.15) is 0 Å². The van der Waals surface area contributed by atoms with Crippen molar-refractivity contribution < 1.29 is 9.90 Å². The molecule has 0 aromatic carbocycles. The first-order valence-corrected chi connectivity index (χ1v) is 3.61. The fourth-order valence-corrected chi connectivity index (χ4v) is 0.793. The predicted molar refractivity (Wildman–Crippen MR) is 45.3 cm³/mol. The molecular formula is C8H8N2O3. The number of allylic oxidation sites excluding steroid dienone is 1. The van der Waals surface area contributed by atoms with Crippen LogP contribution in [-0.4, -0.2) is 20.6 Å². The summed E-state index contributed by atoms with van der Waals surface area (Å²) in [5.74, 6) is -1.03. The van der Waals surface area contributed by atoms with Crippen LogP contribution in [0.5, 0.6) is 0 Å². The van der Waals surface area contributed by atoms with Gasteiger partial charge in [0.15, 0.2) is 0 Å². The summed E-state index contributed by atoms with van der Waals surface area (Å²) in [5.41, 5.74) is -0.391. The average molecular weight is 180 g/mol. The number of carboxylic acids is 1. The lowest BCUT2D eigenvalue weighted by Crippen LogP contribution is -2.20. The molecule has 0 unspecified atom stereocenters. The van der Waals surface area contributed by atoms with Gasteiger partial charge in [-0.15, -0.1) is 0 Å². The molecule has 68 valence electrons. The number of hydrogen-bond acceptors (Lipinski definition) is 3. The van der Waals surface area contributed by atoms with Gasteiger partial charge in [-0.2, -0.15) is 0 Å². The van der Waals surface area contributed by atoms with Gasteiger partial charge in [0.05, 0.1) is 0 Å². The summed E-state index contributed by atoms with van der Waals surface area (Å²) in [6.07, 6.45) is 5.30. The standard InChI is InChI=1S/C8H8N2O3/c11-7(12)3-1-5-10-6-2-4-9-8(10)13/h1-4,6H,5H2,(H,11,12). The highest BCUT2D eigenvalue weighted by molar-refractivity contribution is 5.79. The molecule has 0 bridgehead atoms. The van der Waals surface area contributed by atoms with E-state index in [-0.39, 0.29) is 6.54 Å². The number of carbonyl (C=O) groups is 1. The Hall–Kier alpha value is -1.91. The Kier molecular flexibility index (Phi) is 2.97. The molecule has 1 aromatic heterocycles. The third-order valence-electron chi connectivity index (χ3n) is 1.35. The third-order valence-corrected chi connectivity index (χ3v) is 1.35. The van der Waals surface area contributed by atoms with Gasteiger partial charge in [-0.25, -0.2) is 14.6 Å². The van der Waals surface area contributed by atoms with E-state index in [9.17, 15) is 9.59 Å². The summed E-state index contributed by atoms with van der Waals surface area (Å²) >= 11 is 0. The van der Waals surface area contributed by atoms with Crippen molar-refractivity contribution >= 4 is 5.97 Å². The Bertz CT molecular complexity index is 381. The minimum atomic E-state index is -1.03. The van der Waals surface area contributed by atoms with Gasteiger partial charge in [0.2, 0.25) is 0 Å². The Morgan fingerprint density at radius 1 is 1.69 bits per heavy atom. The average Bonchev–Trinajstić information content (AvgIpc) is 2.08. The molecule has 13 heavy (non-hydrogen) atoms. The molecule has 5 heteroatoms. The Morgan fingerprint density at radius 3 is 3.08 bits per heavy atom. The molecule has 0 aliphatic heterocycles. The Balaban J connectivity index is 2.70. The normalized spacial score (nSPS) is 10.5. The highest BCUT2D eigenvalue weighted by Gasteiger charge is 1.91. The molecule has 1 heterocycles. The van der Waals surface area contributed by atoms with Crippen molar-refractivity contribution in [3.05, 3.63) is 41.1 Å². The summed E-state index contributed by atoms with van der Waals surface area (Å²) in [4.78, 5) is 24.6. The van der Waals surface area contributed by atoms with E-state index < -0.39 is 11.7 Å². The quantitative estimate of drug-likeness (QED) is 0.658. The van der Waals surface area contributed by atoms with Gasteiger partial charge in [0, 0.05) is 25.0 Å². The molecular weight excluding hydrogens is 172 g/mol. The molecule has 5 nitrogen and oxygen atoms in total. The van der Waals surface area contributed by atoms with Crippen molar-refractivity contribution in [2.75, 3.05) is 0 Å². The van der Waals surface area contributed by atoms with Gasteiger partial charge in [-0.3, -0.25) is 4.57 Å². The molecule has 0 spiro atoms. The number of hydrogen-bond donors (Lipinski definition) is 1. The van der Waals surface area contributed by atoms with Gasteiger partial charge in [-0.1, -0.05) is 6.08 Å². The summed E-state index contributed by atoms with van der Waals surface area (Å²) < 4.78 is 1.30. The van der Waals surface area contributed by atoms with Gasteiger partial charge >= 0.3 is 11.7 Å². The van der Waals surface area contributed by atoms with Gasteiger partial charge in [-0.05, 0) is 6.07 Å². The minimum Gasteiger partial charge on any atom is -0.478 e. The van der Waals surface area contributed by atoms with Gasteiger partial charge < -0.3 is 5.11 Å². The SMILES string of the molecule is O=C(O)C=CCn1cccnc1=O. The van der Waals surface area contributed by atoms with Crippen LogP contribution in [0, 0.1) is 0 Å². The number of aromatic nitrogens is 2. The lowest BCUT2D eigenvalue weighted by Gasteiger charge is -1.97. The zero-order chi connectivity index (χ0) is 9.68. The van der Waals surface area contributed by atoms with Crippen LogP contribution in [0.4, 0.5) is 0 Å². The van der Waals surface area contributed by atoms with Crippen LogP contribution >= 0.6 is 0 Å². The Morgan fingerprint density at radius 2 is 2.46 bits per heavy atom. The number of nitrogens with zero attached hydrogens (tertiary/aromatic N) is 2. The maximum Gasteiger partial charge on any atom is 0.347 e. The molecule has 1 aromatic rings. The van der Waals surface area contributed by atoms with Crippen LogP contribution in [0.3, 0.4) is 0 Å². The molecule has 0 saturated heterocycles. The molecule has 0 fully saturated rings. The molecule has 0 radical (unpaired) electrons. The second-order valence-electron chi connectivity index (χ2n) is 2.30. The van der Waals surface area contributed by atoms with Gasteiger partial charge in [0.25, 0.3) is 0 Å². The van der Waals surface area contributed by atoms with Crippen LogP contribution < -0.4 is 5.69 Å². The summed E-state index contributed by atoms with van der Waals surface area (Å²) in [6, 6.07) is 1.61. The van der Waals surface area contributed by atoms with Crippen molar-refractivity contribution in [2.24, 2.45) is 0 Å². The van der Waals surface area contributed by atoms with Crippen molar-refractivity contribution in [2.45, 2.75) is 6.54 Å². The Labute approximate surface area is 74.0 Å². The maximum absolute atomic E-state index is 11.0. The molecule has 0 amide bonds. The van der Waals surface area contributed by atoms with E-state index >= 15 is 0 Å². The van der Waals surface area contributed by atoms with E-state index in [0.29, 0.717) is 0 Å². The summed E-state index contributed by atoms with van der Waals surface area (Å²) in [5, 5.41) is 8.27. The summed E-state index contributed by atoms with van der Waals surface area (Å²) in [7, 11) is 0. The topological polar surface area (TPSA) is 72.2 Å². The molecule has 1 rings (SSSR count). The van der Waals surface area contributed by atoms with E-state index in [1.165, 1.54) is 16.8 Å². The highest BCUT2D eigenvalue weighted by Crippen LogP contribution is 1.81. The second kappa shape index (κ2) is 4.20. The first kappa shape index (κ1) is 9.18. The van der Waals surface area contributed by atoms with Crippen molar-refractivity contribution in [3.63, 3.8) is 0 Å². The zero-order valence-corrected chi connectivity index (χ0v) is 6.75. The number of carboxylic acid groups (broad SMARTS) is 1. The largest absolute Gasteiger partial charge is 0.478 e. The van der Waals surface area contributed by atoms with Crippen LogP contribution in [0.25, 0.3) is 0 Å². The predicted octanol–water partition coefficient (Wildman–Crippen LogP) is -0.116. The molecule has 0 saturated carbocycles. The first-order valence-electron chi connectivity index (χ1n) is 3.61. The number of aliphatic carboxylic acids is 1. The zero-order valence-electron chi connectivity index (χ0n) is 6.75. The van der Waals surface area contributed by atoms with Crippen molar-refractivity contribution in [3.8, 4) is 0 Å². The van der Waals surface area contributed by atoms with Crippen LogP contribution in [0.15, 0.2) is 35.4 Å². The number of rotatable bonds is 3. The lowest BCUT2D eigenvalue weighted by molar-refractivity contribution is -0.131. The lowest BCUT2D eigenvalue weighted by atomic mass is 10.5. The maximum atomic E-state index is 11.0.